The molecule has 0 bridgehead atoms. The lowest BCUT2D eigenvalue weighted by Gasteiger charge is -2.18. The van der Waals surface area contributed by atoms with E-state index in [4.69, 9.17) is 15.2 Å². The number of nitrogens with zero attached hydrogens (tertiary/aromatic N) is 1. The lowest BCUT2D eigenvalue weighted by molar-refractivity contribution is -0.125. The molecule has 0 atom stereocenters. The Bertz CT molecular complexity index is 721. The number of benzene rings is 1. The highest BCUT2D eigenvalue weighted by molar-refractivity contribution is 5.86. The van der Waals surface area contributed by atoms with Gasteiger partial charge in [-0.15, -0.1) is 24.8 Å². The van der Waals surface area contributed by atoms with E-state index in [1.807, 2.05) is 37.3 Å². The van der Waals surface area contributed by atoms with Gasteiger partial charge in [-0.05, 0) is 38.5 Å². The van der Waals surface area contributed by atoms with E-state index >= 15 is 0 Å². The van der Waals surface area contributed by atoms with E-state index in [2.05, 4.69) is 10.3 Å². The Morgan fingerprint density at radius 2 is 1.81 bits per heavy atom. The van der Waals surface area contributed by atoms with Gasteiger partial charge in [0.2, 0.25) is 11.8 Å². The Balaban J connectivity index is 0.00000338. The lowest BCUT2D eigenvalue weighted by atomic mass is 10.1. The number of halogens is 2. The standard InChI is InChI=1S/C19H25N3O3.2ClH/c1-4-12-24-15-9-5-6-10-16(15)25-17-14(8-7-11-21-17)13-22-18(23)19(2,3)20;;/h5-11H,4,12-13,20H2,1-3H3,(H,22,23);2*1H. The minimum atomic E-state index is -0.941. The zero-order valence-electron chi connectivity index (χ0n) is 15.7. The van der Waals surface area contributed by atoms with Crippen molar-refractivity contribution < 1.29 is 14.3 Å². The topological polar surface area (TPSA) is 86.5 Å². The first-order valence-corrected chi connectivity index (χ1v) is 8.32. The minimum Gasteiger partial charge on any atom is -0.490 e. The first-order valence-electron chi connectivity index (χ1n) is 8.32. The molecule has 1 amide bonds. The van der Waals surface area contributed by atoms with Gasteiger partial charge in [0.25, 0.3) is 0 Å². The molecule has 0 saturated heterocycles. The largest absolute Gasteiger partial charge is 0.490 e. The van der Waals surface area contributed by atoms with Gasteiger partial charge in [0.1, 0.15) is 0 Å². The molecule has 1 heterocycles. The van der Waals surface area contributed by atoms with Gasteiger partial charge < -0.3 is 20.5 Å². The molecule has 0 saturated carbocycles. The van der Waals surface area contributed by atoms with Crippen molar-refractivity contribution in [3.05, 3.63) is 48.2 Å². The van der Waals surface area contributed by atoms with Crippen LogP contribution in [-0.2, 0) is 11.3 Å². The summed E-state index contributed by atoms with van der Waals surface area (Å²) in [5, 5.41) is 2.80. The third-order valence-corrected chi connectivity index (χ3v) is 3.39. The van der Waals surface area contributed by atoms with Crippen LogP contribution in [-0.4, -0.2) is 23.0 Å². The van der Waals surface area contributed by atoms with Crippen molar-refractivity contribution in [1.29, 1.82) is 0 Å². The average molecular weight is 416 g/mol. The van der Waals surface area contributed by atoms with Crippen LogP contribution in [0.25, 0.3) is 0 Å². The normalized spacial score (nSPS) is 10.2. The molecule has 6 nitrogen and oxygen atoms in total. The Labute approximate surface area is 172 Å². The highest BCUT2D eigenvalue weighted by Crippen LogP contribution is 2.31. The molecule has 1 aromatic heterocycles. The average Bonchev–Trinajstić information content (AvgIpc) is 2.59. The van der Waals surface area contributed by atoms with Crippen LogP contribution in [0.2, 0.25) is 0 Å². The predicted octanol–water partition coefficient (Wildman–Crippen LogP) is 3.86. The number of amides is 1. The fraction of sp³-hybridized carbons (Fsp3) is 0.368. The van der Waals surface area contributed by atoms with E-state index in [1.165, 1.54) is 0 Å². The molecule has 0 fully saturated rings. The second kappa shape index (κ2) is 11.6. The van der Waals surface area contributed by atoms with E-state index < -0.39 is 5.54 Å². The summed E-state index contributed by atoms with van der Waals surface area (Å²) in [6.07, 6.45) is 2.55. The quantitative estimate of drug-likeness (QED) is 0.683. The minimum absolute atomic E-state index is 0. The van der Waals surface area contributed by atoms with Crippen molar-refractivity contribution in [3.63, 3.8) is 0 Å². The van der Waals surface area contributed by atoms with Crippen LogP contribution in [0.5, 0.6) is 17.4 Å². The van der Waals surface area contributed by atoms with Crippen molar-refractivity contribution in [2.45, 2.75) is 39.3 Å². The second-order valence-corrected chi connectivity index (χ2v) is 6.27. The molecule has 2 aromatic rings. The molecule has 27 heavy (non-hydrogen) atoms. The van der Waals surface area contributed by atoms with Crippen LogP contribution >= 0.6 is 24.8 Å². The van der Waals surface area contributed by atoms with Crippen LogP contribution in [0.3, 0.4) is 0 Å². The number of nitrogens with two attached hydrogens (primary N) is 1. The van der Waals surface area contributed by atoms with Crippen molar-refractivity contribution in [3.8, 4) is 17.4 Å². The van der Waals surface area contributed by atoms with Crippen molar-refractivity contribution >= 4 is 30.7 Å². The highest BCUT2D eigenvalue weighted by Gasteiger charge is 2.21. The number of nitrogens with one attached hydrogen (secondary N) is 1. The lowest BCUT2D eigenvalue weighted by Crippen LogP contribution is -2.48. The van der Waals surface area contributed by atoms with E-state index in [9.17, 15) is 4.79 Å². The molecule has 150 valence electrons. The number of hydrogen-bond acceptors (Lipinski definition) is 5. The number of pyridine rings is 1. The molecule has 0 spiro atoms. The molecular weight excluding hydrogens is 389 g/mol. The summed E-state index contributed by atoms with van der Waals surface area (Å²) in [6.45, 7) is 6.24. The third kappa shape index (κ3) is 7.62. The van der Waals surface area contributed by atoms with E-state index in [0.717, 1.165) is 12.0 Å². The van der Waals surface area contributed by atoms with Gasteiger partial charge in [-0.1, -0.05) is 25.1 Å². The first kappa shape index (κ1) is 25.0. The fourth-order valence-electron chi connectivity index (χ4n) is 2.02. The summed E-state index contributed by atoms with van der Waals surface area (Å²) in [5.74, 6) is 1.42. The molecule has 3 N–H and O–H groups in total. The van der Waals surface area contributed by atoms with Crippen molar-refractivity contribution in [2.75, 3.05) is 6.61 Å². The van der Waals surface area contributed by atoms with Gasteiger partial charge in [0, 0.05) is 18.3 Å². The van der Waals surface area contributed by atoms with Crippen LogP contribution in [0.4, 0.5) is 0 Å². The number of ether oxygens (including phenoxy) is 2. The predicted molar refractivity (Wildman–Crippen MR) is 111 cm³/mol. The summed E-state index contributed by atoms with van der Waals surface area (Å²) in [5.41, 5.74) is 5.61. The maximum Gasteiger partial charge on any atom is 0.239 e. The van der Waals surface area contributed by atoms with Gasteiger partial charge in [-0.3, -0.25) is 4.79 Å². The van der Waals surface area contributed by atoms with Gasteiger partial charge in [0.15, 0.2) is 11.5 Å². The van der Waals surface area contributed by atoms with Gasteiger partial charge >= 0.3 is 0 Å². The molecular formula is C19H27Cl2N3O3. The Hall–Kier alpha value is -2.02. The Morgan fingerprint density at radius 1 is 1.15 bits per heavy atom. The number of carbonyl (C=O) groups excluding carboxylic acids is 1. The van der Waals surface area contributed by atoms with Crippen LogP contribution in [0, 0.1) is 0 Å². The molecule has 0 aliphatic heterocycles. The summed E-state index contributed by atoms with van der Waals surface area (Å²) in [7, 11) is 0. The van der Waals surface area contributed by atoms with Crippen LogP contribution < -0.4 is 20.5 Å². The zero-order valence-corrected chi connectivity index (χ0v) is 17.4. The van der Waals surface area contributed by atoms with Crippen LogP contribution in [0.1, 0.15) is 32.8 Å². The Kier molecular flexibility index (Phi) is 10.8. The molecule has 0 unspecified atom stereocenters. The van der Waals surface area contributed by atoms with Gasteiger partial charge in [-0.25, -0.2) is 4.98 Å². The number of para-hydroxylation sites is 2. The molecule has 8 heteroatoms. The van der Waals surface area contributed by atoms with Crippen molar-refractivity contribution in [2.24, 2.45) is 5.73 Å². The van der Waals surface area contributed by atoms with Crippen molar-refractivity contribution in [1.82, 2.24) is 10.3 Å². The van der Waals surface area contributed by atoms with E-state index in [1.54, 1.807) is 26.1 Å². The second-order valence-electron chi connectivity index (χ2n) is 6.27. The molecule has 0 aliphatic rings. The van der Waals surface area contributed by atoms with Crippen LogP contribution in [0.15, 0.2) is 42.6 Å². The molecule has 0 aliphatic carbocycles. The maximum absolute atomic E-state index is 12.0. The molecule has 1 aromatic carbocycles. The first-order chi connectivity index (χ1) is 11.9. The Morgan fingerprint density at radius 3 is 2.44 bits per heavy atom. The summed E-state index contributed by atoms with van der Waals surface area (Å²) < 4.78 is 11.6. The number of aromatic nitrogens is 1. The summed E-state index contributed by atoms with van der Waals surface area (Å²) >= 11 is 0. The molecule has 0 radical (unpaired) electrons. The molecule has 2 rings (SSSR count). The smallest absolute Gasteiger partial charge is 0.239 e. The monoisotopic (exact) mass is 415 g/mol. The number of hydrogen-bond donors (Lipinski definition) is 2. The highest BCUT2D eigenvalue weighted by atomic mass is 35.5. The van der Waals surface area contributed by atoms with Gasteiger partial charge in [0.05, 0.1) is 12.1 Å². The summed E-state index contributed by atoms with van der Waals surface area (Å²) in [4.78, 5) is 16.2. The zero-order chi connectivity index (χ0) is 18.3. The SMILES string of the molecule is CCCOc1ccccc1Oc1ncccc1CNC(=O)C(C)(C)N.Cl.Cl. The van der Waals surface area contributed by atoms with Gasteiger partial charge in [-0.2, -0.15) is 0 Å². The number of rotatable bonds is 8. The fourth-order valence-corrected chi connectivity index (χ4v) is 2.02. The third-order valence-electron chi connectivity index (χ3n) is 3.39. The van der Waals surface area contributed by atoms with E-state index in [-0.39, 0.29) is 37.3 Å². The maximum atomic E-state index is 12.0. The number of carbonyl (C=O) groups is 1. The summed E-state index contributed by atoms with van der Waals surface area (Å²) in [6, 6.07) is 11.1. The van der Waals surface area contributed by atoms with E-state index in [0.29, 0.717) is 24.0 Å².